The molecule has 0 aromatic carbocycles. The molecule has 2 N–H and O–H groups in total. The van der Waals surface area contributed by atoms with Crippen molar-refractivity contribution in [1.82, 2.24) is 19.9 Å². The zero-order valence-electron chi connectivity index (χ0n) is 13.4. The van der Waals surface area contributed by atoms with Gasteiger partial charge in [-0.3, -0.25) is 9.36 Å². The molecular weight excluding hydrogens is 290 g/mol. The van der Waals surface area contributed by atoms with Crippen molar-refractivity contribution in [3.05, 3.63) is 37.1 Å². The summed E-state index contributed by atoms with van der Waals surface area (Å²) in [5, 5.41) is 6.31. The second kappa shape index (κ2) is 7.37. The van der Waals surface area contributed by atoms with Gasteiger partial charge < -0.3 is 10.6 Å². The van der Waals surface area contributed by atoms with E-state index in [0.29, 0.717) is 18.3 Å². The number of anilines is 1. The summed E-state index contributed by atoms with van der Waals surface area (Å²) in [5.74, 6) is 1.90. The molecule has 1 saturated heterocycles. The molecule has 1 unspecified atom stereocenters. The van der Waals surface area contributed by atoms with Gasteiger partial charge in [0, 0.05) is 18.8 Å². The van der Waals surface area contributed by atoms with E-state index < -0.39 is 0 Å². The Morgan fingerprint density at radius 2 is 2.26 bits per heavy atom. The molecule has 122 valence electrons. The highest BCUT2D eigenvalue weighted by Crippen LogP contribution is 2.24. The first-order chi connectivity index (χ1) is 11.2. The summed E-state index contributed by atoms with van der Waals surface area (Å²) < 4.78 is 1.82. The van der Waals surface area contributed by atoms with E-state index in [9.17, 15) is 4.79 Å². The molecular formula is C17H23N5O. The van der Waals surface area contributed by atoms with E-state index >= 15 is 0 Å². The van der Waals surface area contributed by atoms with Crippen LogP contribution in [0, 0.1) is 11.8 Å². The lowest BCUT2D eigenvalue weighted by atomic mass is 9.84. The molecule has 6 nitrogen and oxygen atoms in total. The van der Waals surface area contributed by atoms with Gasteiger partial charge in [-0.05, 0) is 49.9 Å². The quantitative estimate of drug-likeness (QED) is 0.888. The monoisotopic (exact) mass is 313 g/mol. The van der Waals surface area contributed by atoms with Gasteiger partial charge in [-0.15, -0.1) is 0 Å². The minimum Gasteiger partial charge on any atom is -0.325 e. The third-order valence-corrected chi connectivity index (χ3v) is 4.50. The smallest absolute Gasteiger partial charge is 0.224 e. The minimum absolute atomic E-state index is 0.0632. The Balaban J connectivity index is 1.53. The highest BCUT2D eigenvalue weighted by atomic mass is 16.1. The molecule has 1 atom stereocenters. The van der Waals surface area contributed by atoms with Crippen LogP contribution in [0.4, 0.5) is 5.69 Å². The molecule has 1 aliphatic heterocycles. The van der Waals surface area contributed by atoms with E-state index in [-0.39, 0.29) is 5.91 Å². The maximum Gasteiger partial charge on any atom is 0.224 e. The number of aromatic nitrogens is 3. The highest BCUT2D eigenvalue weighted by molar-refractivity contribution is 5.90. The van der Waals surface area contributed by atoms with Crippen LogP contribution in [0.25, 0.3) is 5.82 Å². The van der Waals surface area contributed by atoms with Crippen LogP contribution < -0.4 is 10.6 Å². The van der Waals surface area contributed by atoms with Crippen molar-refractivity contribution in [3.8, 4) is 5.82 Å². The molecule has 1 amide bonds. The molecule has 0 aliphatic carbocycles. The molecule has 2 aromatic heterocycles. The Hall–Kier alpha value is -2.21. The number of carbonyl (C=O) groups is 1. The fraction of sp³-hybridized carbons (Fsp3) is 0.471. The van der Waals surface area contributed by atoms with Gasteiger partial charge in [0.2, 0.25) is 5.91 Å². The molecule has 0 radical (unpaired) electrons. The summed E-state index contributed by atoms with van der Waals surface area (Å²) in [6.45, 7) is 4.31. The van der Waals surface area contributed by atoms with Crippen LogP contribution in [-0.2, 0) is 4.79 Å². The second-order valence-corrected chi connectivity index (χ2v) is 6.19. The second-order valence-electron chi connectivity index (χ2n) is 6.19. The summed E-state index contributed by atoms with van der Waals surface area (Å²) in [6.07, 6.45) is 9.81. The third-order valence-electron chi connectivity index (χ3n) is 4.50. The van der Waals surface area contributed by atoms with Crippen molar-refractivity contribution in [2.45, 2.75) is 26.2 Å². The van der Waals surface area contributed by atoms with Crippen LogP contribution >= 0.6 is 0 Å². The SMILES string of the molecule is CC(CC(=O)Nc1ccc(-n2ccnc2)nc1)C1CCNCC1. The molecule has 6 heteroatoms. The van der Waals surface area contributed by atoms with Crippen LogP contribution in [0.2, 0.25) is 0 Å². The number of imidazole rings is 1. The van der Waals surface area contributed by atoms with Gasteiger partial charge in [-0.25, -0.2) is 9.97 Å². The zero-order chi connectivity index (χ0) is 16.1. The number of piperidine rings is 1. The molecule has 0 saturated carbocycles. The predicted octanol–water partition coefficient (Wildman–Crippen LogP) is 2.23. The Bertz CT molecular complexity index is 617. The number of nitrogens with zero attached hydrogens (tertiary/aromatic N) is 3. The lowest BCUT2D eigenvalue weighted by Crippen LogP contribution is -2.32. The maximum atomic E-state index is 12.2. The van der Waals surface area contributed by atoms with Crippen LogP contribution in [0.5, 0.6) is 0 Å². The van der Waals surface area contributed by atoms with E-state index in [1.165, 1.54) is 0 Å². The number of hydrogen-bond acceptors (Lipinski definition) is 4. The summed E-state index contributed by atoms with van der Waals surface area (Å²) in [7, 11) is 0. The lowest BCUT2D eigenvalue weighted by Gasteiger charge is -2.27. The van der Waals surface area contributed by atoms with Gasteiger partial charge in [0.25, 0.3) is 0 Å². The largest absolute Gasteiger partial charge is 0.325 e. The van der Waals surface area contributed by atoms with Gasteiger partial charge >= 0.3 is 0 Å². The van der Waals surface area contributed by atoms with Crippen molar-refractivity contribution < 1.29 is 4.79 Å². The van der Waals surface area contributed by atoms with Crippen LogP contribution in [0.3, 0.4) is 0 Å². The molecule has 0 spiro atoms. The van der Waals surface area contributed by atoms with Crippen molar-refractivity contribution in [1.29, 1.82) is 0 Å². The number of nitrogens with one attached hydrogen (secondary N) is 2. The summed E-state index contributed by atoms with van der Waals surface area (Å²) in [6, 6.07) is 3.74. The summed E-state index contributed by atoms with van der Waals surface area (Å²) >= 11 is 0. The van der Waals surface area contributed by atoms with E-state index in [0.717, 1.165) is 37.4 Å². The third kappa shape index (κ3) is 4.16. The summed E-state index contributed by atoms with van der Waals surface area (Å²) in [4.78, 5) is 20.5. The number of hydrogen-bond donors (Lipinski definition) is 2. The molecule has 23 heavy (non-hydrogen) atoms. The maximum absolute atomic E-state index is 12.2. The first-order valence-electron chi connectivity index (χ1n) is 8.17. The molecule has 2 aromatic rings. The van der Waals surface area contributed by atoms with Gasteiger partial charge in [0.1, 0.15) is 12.1 Å². The Labute approximate surface area is 136 Å². The first-order valence-corrected chi connectivity index (χ1v) is 8.17. The van der Waals surface area contributed by atoms with Crippen LogP contribution in [0.1, 0.15) is 26.2 Å². The topological polar surface area (TPSA) is 71.8 Å². The Morgan fingerprint density at radius 3 is 2.91 bits per heavy atom. The van der Waals surface area contributed by atoms with E-state index in [4.69, 9.17) is 0 Å². The van der Waals surface area contributed by atoms with Gasteiger partial charge in [-0.2, -0.15) is 0 Å². The first kappa shape index (κ1) is 15.7. The molecule has 0 bridgehead atoms. The van der Waals surface area contributed by atoms with Crippen LogP contribution in [0.15, 0.2) is 37.1 Å². The lowest BCUT2D eigenvalue weighted by molar-refractivity contribution is -0.117. The van der Waals surface area contributed by atoms with Crippen molar-refractivity contribution >= 4 is 11.6 Å². The highest BCUT2D eigenvalue weighted by Gasteiger charge is 2.22. The molecule has 3 heterocycles. The normalized spacial score (nSPS) is 16.9. The fourth-order valence-electron chi connectivity index (χ4n) is 3.09. The van der Waals surface area contributed by atoms with E-state index in [2.05, 4.69) is 27.5 Å². The van der Waals surface area contributed by atoms with Gasteiger partial charge in [0.15, 0.2) is 0 Å². The van der Waals surface area contributed by atoms with Crippen molar-refractivity contribution in [2.75, 3.05) is 18.4 Å². The standard InChI is InChI=1S/C17H23N5O/c1-13(14-4-6-18-7-5-14)10-17(23)21-15-2-3-16(20-11-15)22-9-8-19-12-22/h2-3,8-9,11-14,18H,4-7,10H2,1H3,(H,21,23). The van der Waals surface area contributed by atoms with Gasteiger partial charge in [0.05, 0.1) is 11.9 Å². The average molecular weight is 313 g/mol. The Morgan fingerprint density at radius 1 is 1.43 bits per heavy atom. The number of carbonyl (C=O) groups excluding carboxylic acids is 1. The van der Waals surface area contributed by atoms with E-state index in [1.807, 2.05) is 22.9 Å². The predicted molar refractivity (Wildman–Crippen MR) is 89.4 cm³/mol. The minimum atomic E-state index is 0.0632. The van der Waals surface area contributed by atoms with Crippen molar-refractivity contribution in [3.63, 3.8) is 0 Å². The van der Waals surface area contributed by atoms with Gasteiger partial charge in [-0.1, -0.05) is 6.92 Å². The Kier molecular flexibility index (Phi) is 5.02. The number of pyridine rings is 1. The molecule has 3 rings (SSSR count). The van der Waals surface area contributed by atoms with Crippen LogP contribution in [-0.4, -0.2) is 33.5 Å². The number of amides is 1. The zero-order valence-corrected chi connectivity index (χ0v) is 13.4. The van der Waals surface area contributed by atoms with E-state index in [1.54, 1.807) is 18.7 Å². The average Bonchev–Trinajstić information content (AvgIpc) is 3.11. The summed E-state index contributed by atoms with van der Waals surface area (Å²) in [5.41, 5.74) is 0.733. The van der Waals surface area contributed by atoms with Crippen molar-refractivity contribution in [2.24, 2.45) is 11.8 Å². The molecule has 1 aliphatic rings. The molecule has 1 fully saturated rings. The number of rotatable bonds is 5. The fourth-order valence-corrected chi connectivity index (χ4v) is 3.09.